The molecule has 0 saturated carbocycles. The Labute approximate surface area is 237 Å². The predicted octanol–water partition coefficient (Wildman–Crippen LogP) is 6.13. The van der Waals surface area contributed by atoms with Gasteiger partial charge in [-0.2, -0.15) is 5.10 Å². The molecule has 1 aliphatic rings. The summed E-state index contributed by atoms with van der Waals surface area (Å²) < 4.78 is 32.6. The number of nitrogens with one attached hydrogen (secondary N) is 1. The molecule has 2 aromatic carbocycles. The van der Waals surface area contributed by atoms with Crippen molar-refractivity contribution in [3.05, 3.63) is 81.2 Å². The Morgan fingerprint density at radius 2 is 1.95 bits per heavy atom. The van der Waals surface area contributed by atoms with Crippen LogP contribution in [-0.2, 0) is 11.3 Å². The lowest BCUT2D eigenvalue weighted by Gasteiger charge is -2.28. The van der Waals surface area contributed by atoms with Gasteiger partial charge in [0.05, 0.1) is 9.99 Å². The molecular weight excluding hydrogens is 592 g/mol. The van der Waals surface area contributed by atoms with E-state index in [1.165, 1.54) is 17.0 Å². The zero-order valence-electron chi connectivity index (χ0n) is 21.3. The highest BCUT2D eigenvalue weighted by Crippen LogP contribution is 2.40. The maximum atomic E-state index is 16.1. The first-order valence-corrected chi connectivity index (χ1v) is 13.5. The van der Waals surface area contributed by atoms with Gasteiger partial charge in [0.2, 0.25) is 5.91 Å². The largest absolute Gasteiger partial charge is 0.348 e. The SMILES string of the molecule is CN(C)C(=O)c1cc2c(-c3cc(F)c(Br)cc3Cl)cc(C3=CCCN(C(=O)CCn4cccn4)C3)c(F)c2[nH]1. The highest BCUT2D eigenvalue weighted by atomic mass is 79.9. The van der Waals surface area contributed by atoms with Gasteiger partial charge in [-0.3, -0.25) is 14.3 Å². The van der Waals surface area contributed by atoms with Crippen molar-refractivity contribution in [1.82, 2.24) is 24.6 Å². The number of H-pyrrole nitrogens is 1. The van der Waals surface area contributed by atoms with Crippen LogP contribution in [0.3, 0.4) is 0 Å². The molecule has 1 N–H and O–H groups in total. The van der Waals surface area contributed by atoms with E-state index in [2.05, 4.69) is 26.0 Å². The van der Waals surface area contributed by atoms with Crippen molar-refractivity contribution in [3.8, 4) is 11.1 Å². The minimum absolute atomic E-state index is 0.0606. The second kappa shape index (κ2) is 10.9. The Hall–Kier alpha value is -3.50. The molecule has 0 aliphatic carbocycles. The minimum Gasteiger partial charge on any atom is -0.348 e. The standard InChI is InChI=1S/C28H25BrClF2N5O2/c1-35(2)28(39)24-13-20-18(19-12-23(31)21(29)14-22(19)30)11-17(26(32)27(20)34-24)16-5-3-8-36(15-16)25(38)6-10-37-9-4-7-33-37/h4-5,7,9,11-14,34H,3,6,8,10,15H2,1-2H3. The maximum Gasteiger partial charge on any atom is 0.269 e. The highest BCUT2D eigenvalue weighted by Gasteiger charge is 2.26. The molecule has 7 nitrogen and oxygen atoms in total. The number of fused-ring (bicyclic) bond motifs is 1. The normalized spacial score (nSPS) is 13.6. The summed E-state index contributed by atoms with van der Waals surface area (Å²) in [5, 5.41) is 4.79. The van der Waals surface area contributed by atoms with Crippen molar-refractivity contribution in [2.75, 3.05) is 27.2 Å². The average Bonchev–Trinajstić information content (AvgIpc) is 3.60. The van der Waals surface area contributed by atoms with Crippen LogP contribution in [0.4, 0.5) is 8.78 Å². The molecule has 202 valence electrons. The zero-order chi connectivity index (χ0) is 27.8. The summed E-state index contributed by atoms with van der Waals surface area (Å²) in [6.45, 7) is 1.18. The third-order valence-electron chi connectivity index (χ3n) is 6.75. The Bertz CT molecular complexity index is 1610. The van der Waals surface area contributed by atoms with E-state index in [0.29, 0.717) is 41.6 Å². The second-order valence-corrected chi connectivity index (χ2v) is 10.8. The number of aromatic amines is 1. The van der Waals surface area contributed by atoms with E-state index in [9.17, 15) is 14.0 Å². The molecule has 0 bridgehead atoms. The Morgan fingerprint density at radius 3 is 2.67 bits per heavy atom. The second-order valence-electron chi connectivity index (χ2n) is 9.56. The lowest BCUT2D eigenvalue weighted by molar-refractivity contribution is -0.131. The number of aromatic nitrogens is 3. The van der Waals surface area contributed by atoms with Gasteiger partial charge >= 0.3 is 0 Å². The van der Waals surface area contributed by atoms with Crippen LogP contribution in [0.15, 0.2) is 53.3 Å². The van der Waals surface area contributed by atoms with E-state index in [1.807, 2.05) is 6.08 Å². The molecule has 11 heteroatoms. The lowest BCUT2D eigenvalue weighted by atomic mass is 9.93. The topological polar surface area (TPSA) is 74.2 Å². The van der Waals surface area contributed by atoms with E-state index < -0.39 is 11.6 Å². The number of hydrogen-bond acceptors (Lipinski definition) is 3. The van der Waals surface area contributed by atoms with Gasteiger partial charge in [-0.25, -0.2) is 8.78 Å². The van der Waals surface area contributed by atoms with Crippen molar-refractivity contribution in [1.29, 1.82) is 0 Å². The van der Waals surface area contributed by atoms with Crippen LogP contribution in [0, 0.1) is 11.6 Å². The van der Waals surface area contributed by atoms with Crippen LogP contribution in [0.25, 0.3) is 27.6 Å². The van der Waals surface area contributed by atoms with Gasteiger partial charge in [0, 0.05) is 74.1 Å². The summed E-state index contributed by atoms with van der Waals surface area (Å²) in [6, 6.07) is 7.69. The first-order chi connectivity index (χ1) is 18.6. The Morgan fingerprint density at radius 1 is 1.15 bits per heavy atom. The van der Waals surface area contributed by atoms with Crippen molar-refractivity contribution in [3.63, 3.8) is 0 Å². The number of carbonyl (C=O) groups is 2. The summed E-state index contributed by atoms with van der Waals surface area (Å²) >= 11 is 9.67. The third kappa shape index (κ3) is 5.35. The van der Waals surface area contributed by atoms with E-state index in [1.54, 1.807) is 54.3 Å². The molecule has 0 unspecified atom stereocenters. The first kappa shape index (κ1) is 27.1. The van der Waals surface area contributed by atoms with Crippen molar-refractivity contribution < 1.29 is 18.4 Å². The van der Waals surface area contributed by atoms with Gasteiger partial charge in [0.1, 0.15) is 11.5 Å². The Kier molecular flexibility index (Phi) is 7.59. The molecule has 0 fully saturated rings. The molecule has 2 aromatic heterocycles. The number of nitrogens with zero attached hydrogens (tertiary/aromatic N) is 4. The predicted molar refractivity (Wildman–Crippen MR) is 150 cm³/mol. The van der Waals surface area contributed by atoms with Crippen LogP contribution in [-0.4, -0.2) is 63.6 Å². The fourth-order valence-electron chi connectivity index (χ4n) is 4.75. The molecule has 0 spiro atoms. The van der Waals surface area contributed by atoms with Gasteiger partial charge in [0.15, 0.2) is 5.82 Å². The van der Waals surface area contributed by atoms with Gasteiger partial charge in [-0.1, -0.05) is 17.7 Å². The van der Waals surface area contributed by atoms with E-state index in [-0.39, 0.29) is 51.0 Å². The number of halogens is 4. The summed E-state index contributed by atoms with van der Waals surface area (Å²) in [6.07, 6.45) is 6.18. The molecule has 3 heterocycles. The van der Waals surface area contributed by atoms with Gasteiger partial charge in [-0.15, -0.1) is 0 Å². The first-order valence-electron chi connectivity index (χ1n) is 12.3. The van der Waals surface area contributed by atoms with Gasteiger partial charge in [-0.05, 0) is 63.8 Å². The highest BCUT2D eigenvalue weighted by molar-refractivity contribution is 9.10. The Balaban J connectivity index is 1.57. The summed E-state index contributed by atoms with van der Waals surface area (Å²) in [5.41, 5.74) is 2.00. The van der Waals surface area contributed by atoms with Crippen LogP contribution < -0.4 is 0 Å². The number of benzene rings is 2. The molecule has 0 radical (unpaired) electrons. The molecule has 0 saturated heterocycles. The zero-order valence-corrected chi connectivity index (χ0v) is 23.6. The number of rotatable bonds is 6. The van der Waals surface area contributed by atoms with Gasteiger partial charge < -0.3 is 14.8 Å². The molecule has 1 aliphatic heterocycles. The van der Waals surface area contributed by atoms with Crippen LogP contribution >= 0.6 is 27.5 Å². The van der Waals surface area contributed by atoms with Gasteiger partial charge in [0.25, 0.3) is 5.91 Å². The summed E-state index contributed by atoms with van der Waals surface area (Å²) in [5.74, 6) is -1.48. The quantitative estimate of drug-likeness (QED) is 0.265. The van der Waals surface area contributed by atoms with E-state index in [4.69, 9.17) is 11.6 Å². The average molecular weight is 617 g/mol. The number of carbonyl (C=O) groups excluding carboxylic acids is 2. The van der Waals surface area contributed by atoms with Crippen molar-refractivity contribution in [2.45, 2.75) is 19.4 Å². The number of hydrogen-bond donors (Lipinski definition) is 1. The molecule has 0 atom stereocenters. The van der Waals surface area contributed by atoms with Crippen molar-refractivity contribution in [2.24, 2.45) is 0 Å². The fourth-order valence-corrected chi connectivity index (χ4v) is 5.50. The number of aryl methyl sites for hydroxylation is 1. The van der Waals surface area contributed by atoms with E-state index >= 15 is 4.39 Å². The minimum atomic E-state index is -0.558. The smallest absolute Gasteiger partial charge is 0.269 e. The molecular formula is C28H25BrClF2N5O2. The lowest BCUT2D eigenvalue weighted by Crippen LogP contribution is -2.36. The number of amides is 2. The molecule has 39 heavy (non-hydrogen) atoms. The fraction of sp³-hybridized carbons (Fsp3) is 0.250. The van der Waals surface area contributed by atoms with Crippen molar-refractivity contribution >= 4 is 55.8 Å². The van der Waals surface area contributed by atoms with Crippen LogP contribution in [0.1, 0.15) is 28.9 Å². The summed E-state index contributed by atoms with van der Waals surface area (Å²) in [7, 11) is 3.20. The maximum absolute atomic E-state index is 16.1. The summed E-state index contributed by atoms with van der Waals surface area (Å²) in [4.78, 5) is 31.7. The van der Waals surface area contributed by atoms with Crippen LogP contribution in [0.2, 0.25) is 5.02 Å². The monoisotopic (exact) mass is 615 g/mol. The van der Waals surface area contributed by atoms with Crippen LogP contribution in [0.5, 0.6) is 0 Å². The molecule has 2 amide bonds. The third-order valence-corrected chi connectivity index (χ3v) is 7.67. The molecule has 5 rings (SSSR count). The van der Waals surface area contributed by atoms with E-state index in [0.717, 1.165) is 0 Å². The molecule has 4 aromatic rings.